The van der Waals surface area contributed by atoms with Gasteiger partial charge in [-0.25, -0.2) is 8.78 Å². The van der Waals surface area contributed by atoms with Crippen LogP contribution < -0.4 is 0 Å². The summed E-state index contributed by atoms with van der Waals surface area (Å²) in [6.07, 6.45) is 10.7. The molecule has 0 aromatic heterocycles. The summed E-state index contributed by atoms with van der Waals surface area (Å²) in [6, 6.07) is 8.35. The average Bonchev–Trinajstić information content (AvgIpc) is 2.85. The molecule has 35 heavy (non-hydrogen) atoms. The molecule has 2 aromatic carbocycles. The van der Waals surface area contributed by atoms with Crippen LogP contribution in [0.5, 0.6) is 0 Å². The van der Waals surface area contributed by atoms with Crippen molar-refractivity contribution in [3.8, 4) is 0 Å². The molecule has 0 spiro atoms. The van der Waals surface area contributed by atoms with E-state index in [2.05, 4.69) is 40.7 Å². The van der Waals surface area contributed by atoms with Crippen molar-refractivity contribution >= 4 is 22.9 Å². The lowest BCUT2D eigenvalue weighted by Crippen LogP contribution is -2.21. The Balaban J connectivity index is 0.000000892. The number of benzene rings is 2. The number of likely N-dealkylation sites (N-methyl/N-ethyl adjacent to an activating group) is 1. The fourth-order valence-electron chi connectivity index (χ4n) is 3.25. The zero-order chi connectivity index (χ0) is 27.0. The maximum Gasteiger partial charge on any atom is 0.144 e. The van der Waals surface area contributed by atoms with E-state index in [1.165, 1.54) is 49.3 Å². The van der Waals surface area contributed by atoms with Gasteiger partial charge in [-0.15, -0.1) is 0 Å². The quantitative estimate of drug-likeness (QED) is 0.365. The van der Waals surface area contributed by atoms with Crippen LogP contribution in [0, 0.1) is 25.5 Å². The summed E-state index contributed by atoms with van der Waals surface area (Å²) in [5, 5.41) is -0.0821. The van der Waals surface area contributed by atoms with Crippen LogP contribution in [-0.4, -0.2) is 18.5 Å². The lowest BCUT2D eigenvalue weighted by molar-refractivity contribution is 0.522. The molecule has 2 aromatic rings. The van der Waals surface area contributed by atoms with E-state index < -0.39 is 11.6 Å². The van der Waals surface area contributed by atoms with Gasteiger partial charge >= 0.3 is 0 Å². The minimum absolute atomic E-state index is 0.0821. The number of unbranched alkanes of at least 4 members (excludes halogenated alkanes) is 3. The highest BCUT2D eigenvalue weighted by atomic mass is 35.5. The van der Waals surface area contributed by atoms with Crippen LogP contribution in [-0.2, 0) is 0 Å². The van der Waals surface area contributed by atoms with E-state index in [1.807, 2.05) is 57.0 Å². The molecule has 0 atom stereocenters. The predicted molar refractivity (Wildman–Crippen MR) is 153 cm³/mol. The number of halogens is 3. The van der Waals surface area contributed by atoms with Crippen LogP contribution in [0.3, 0.4) is 0 Å². The molecule has 196 valence electrons. The molecule has 0 N–H and O–H groups in total. The molecular weight excluding hydrogens is 460 g/mol. The number of hydrogen-bond acceptors (Lipinski definition) is 1. The number of nitrogens with zero attached hydrogens (tertiary/aromatic N) is 1. The van der Waals surface area contributed by atoms with Gasteiger partial charge in [0.1, 0.15) is 11.6 Å². The van der Waals surface area contributed by atoms with Crippen LogP contribution in [0.2, 0.25) is 5.02 Å². The topological polar surface area (TPSA) is 3.24 Å². The summed E-state index contributed by atoms with van der Waals surface area (Å²) in [5.74, 6) is -1.37. The summed E-state index contributed by atoms with van der Waals surface area (Å²) in [6.45, 7) is 17.5. The lowest BCUT2D eigenvalue weighted by Gasteiger charge is -2.28. The van der Waals surface area contributed by atoms with E-state index >= 15 is 0 Å². The van der Waals surface area contributed by atoms with E-state index in [0.717, 1.165) is 17.2 Å². The van der Waals surface area contributed by atoms with Crippen molar-refractivity contribution in [1.29, 1.82) is 0 Å². The number of rotatable bonds is 5. The zero-order valence-corrected chi connectivity index (χ0v) is 24.1. The first-order valence-corrected chi connectivity index (χ1v) is 13.4. The van der Waals surface area contributed by atoms with Gasteiger partial charge in [-0.2, -0.15) is 0 Å². The summed E-state index contributed by atoms with van der Waals surface area (Å²) in [4.78, 5) is 1.94. The molecule has 0 unspecified atom stereocenters. The van der Waals surface area contributed by atoms with Crippen molar-refractivity contribution < 1.29 is 8.78 Å². The minimum atomic E-state index is -0.750. The standard InChI is InChI=1S/C20H18ClF2N.C5H12.C4H10.C2H6/c1-12-6-7-14(9-13(12)2)15-5-4-8-24(3)20(15)16-10-17(21)19(23)11-18(16)22;1-3-5-4-2;1-3-4-2;1-2/h4-7,9-11H,8H2,1-3H3;3-5H2,1-2H3;3-4H2,1-2H3;1-2H3. The van der Waals surface area contributed by atoms with Gasteiger partial charge in [-0.1, -0.05) is 116 Å². The molecule has 0 amide bonds. The van der Waals surface area contributed by atoms with Crippen LogP contribution in [0.4, 0.5) is 8.78 Å². The fourth-order valence-corrected chi connectivity index (χ4v) is 3.42. The van der Waals surface area contributed by atoms with Gasteiger partial charge in [0.05, 0.1) is 10.7 Å². The molecule has 1 aliphatic rings. The normalized spacial score (nSPS) is 12.2. The van der Waals surface area contributed by atoms with Gasteiger partial charge in [-0.05, 0) is 36.6 Å². The van der Waals surface area contributed by atoms with Gasteiger partial charge < -0.3 is 4.90 Å². The van der Waals surface area contributed by atoms with E-state index in [1.54, 1.807) is 0 Å². The molecule has 3 rings (SSSR count). The third kappa shape index (κ3) is 10.6. The van der Waals surface area contributed by atoms with E-state index in [0.29, 0.717) is 17.8 Å². The molecule has 4 heteroatoms. The van der Waals surface area contributed by atoms with Crippen LogP contribution in [0.25, 0.3) is 11.3 Å². The maximum atomic E-state index is 14.4. The molecule has 1 heterocycles. The van der Waals surface area contributed by atoms with Crippen molar-refractivity contribution in [2.75, 3.05) is 13.6 Å². The molecule has 0 saturated carbocycles. The first-order chi connectivity index (χ1) is 16.7. The lowest BCUT2D eigenvalue weighted by atomic mass is 9.93. The Kier molecular flexibility index (Phi) is 17.1. The van der Waals surface area contributed by atoms with Crippen LogP contribution in [0.15, 0.2) is 42.5 Å². The first-order valence-electron chi connectivity index (χ1n) is 13.1. The van der Waals surface area contributed by atoms with Crippen molar-refractivity contribution in [2.45, 2.75) is 87.5 Å². The van der Waals surface area contributed by atoms with Gasteiger partial charge in [0.15, 0.2) is 0 Å². The first kappa shape index (κ1) is 32.9. The van der Waals surface area contributed by atoms with Crippen LogP contribution >= 0.6 is 11.6 Å². The number of hydrogen-bond donors (Lipinski definition) is 0. The number of allylic oxidation sites excluding steroid dienone is 2. The molecule has 0 fully saturated rings. The van der Waals surface area contributed by atoms with Gasteiger partial charge in [0, 0.05) is 30.8 Å². The van der Waals surface area contributed by atoms with E-state index in [9.17, 15) is 8.78 Å². The summed E-state index contributed by atoms with van der Waals surface area (Å²) < 4.78 is 28.0. The highest BCUT2D eigenvalue weighted by molar-refractivity contribution is 6.31. The molecular formula is C31H46ClF2N. The Morgan fingerprint density at radius 3 is 1.91 bits per heavy atom. The Labute approximate surface area is 218 Å². The Hall–Kier alpha value is -2.13. The molecule has 1 aliphatic heterocycles. The molecule has 0 bridgehead atoms. The fraction of sp³-hybridized carbons (Fsp3) is 0.484. The van der Waals surface area contributed by atoms with Gasteiger partial charge in [0.2, 0.25) is 0 Å². The van der Waals surface area contributed by atoms with Gasteiger partial charge in [-0.3, -0.25) is 0 Å². The van der Waals surface area contributed by atoms with E-state index in [-0.39, 0.29) is 5.02 Å². The molecule has 0 aliphatic carbocycles. The van der Waals surface area contributed by atoms with Gasteiger partial charge in [0.25, 0.3) is 0 Å². The SMILES string of the molecule is CC.CCCC.CCCCC.Cc1ccc(C2=C(c3cc(Cl)c(F)cc3F)N(C)CC=C2)cc1C. The largest absolute Gasteiger partial charge is 0.370 e. The smallest absolute Gasteiger partial charge is 0.144 e. The predicted octanol–water partition coefficient (Wildman–Crippen LogP) is 10.6. The highest BCUT2D eigenvalue weighted by Crippen LogP contribution is 2.35. The molecule has 0 radical (unpaired) electrons. The second-order valence-corrected chi connectivity index (χ2v) is 8.85. The second-order valence-electron chi connectivity index (χ2n) is 8.44. The summed E-state index contributed by atoms with van der Waals surface area (Å²) in [5.41, 5.74) is 5.27. The van der Waals surface area contributed by atoms with E-state index in [4.69, 9.17) is 11.6 Å². The minimum Gasteiger partial charge on any atom is -0.370 e. The third-order valence-electron chi connectivity index (χ3n) is 5.59. The summed E-state index contributed by atoms with van der Waals surface area (Å²) in [7, 11) is 1.89. The van der Waals surface area contributed by atoms with Crippen LogP contribution in [0.1, 0.15) is 95.9 Å². The molecule has 1 nitrogen and oxygen atoms in total. The van der Waals surface area contributed by atoms with Crippen molar-refractivity contribution in [2.24, 2.45) is 0 Å². The van der Waals surface area contributed by atoms with Crippen molar-refractivity contribution in [3.63, 3.8) is 0 Å². The highest BCUT2D eigenvalue weighted by Gasteiger charge is 2.21. The molecule has 0 saturated heterocycles. The average molecular weight is 506 g/mol. The number of aryl methyl sites for hydroxylation is 2. The Morgan fingerprint density at radius 1 is 0.829 bits per heavy atom. The third-order valence-corrected chi connectivity index (χ3v) is 5.88. The Bertz CT molecular complexity index is 943. The monoisotopic (exact) mass is 505 g/mol. The maximum absolute atomic E-state index is 14.4. The zero-order valence-electron chi connectivity index (χ0n) is 23.4. The summed E-state index contributed by atoms with van der Waals surface area (Å²) >= 11 is 5.89. The Morgan fingerprint density at radius 2 is 1.43 bits per heavy atom. The van der Waals surface area contributed by atoms with Crippen molar-refractivity contribution in [3.05, 3.63) is 81.4 Å². The van der Waals surface area contributed by atoms with Crippen molar-refractivity contribution in [1.82, 2.24) is 4.90 Å². The second kappa shape index (κ2) is 18.2.